The SMILES string of the molecule is CCCCNC(=O)[C@@H](CC)N(Cc1ccc(Cl)cc1)C(=O)CCCN(c1ccccc1OCC)S(C)(=O)=O. The number of carbonyl (C=O) groups excluding carboxylic acids is 2. The molecule has 0 bridgehead atoms. The van der Waals surface area contributed by atoms with Crippen molar-refractivity contribution in [3.05, 3.63) is 59.1 Å². The number of hydrogen-bond acceptors (Lipinski definition) is 5. The highest BCUT2D eigenvalue weighted by atomic mass is 35.5. The molecule has 0 heterocycles. The molecule has 2 aromatic rings. The van der Waals surface area contributed by atoms with Crippen LogP contribution in [0.4, 0.5) is 5.69 Å². The number of halogens is 1. The van der Waals surface area contributed by atoms with E-state index in [0.717, 1.165) is 24.7 Å². The van der Waals surface area contributed by atoms with Crippen LogP contribution in [0.5, 0.6) is 5.75 Å². The molecule has 0 aliphatic heterocycles. The molecule has 0 fully saturated rings. The number of nitrogens with zero attached hydrogens (tertiary/aromatic N) is 2. The minimum absolute atomic E-state index is 0.0785. The predicted octanol–water partition coefficient (Wildman–Crippen LogP) is 5.01. The predicted molar refractivity (Wildman–Crippen MR) is 153 cm³/mol. The molecule has 38 heavy (non-hydrogen) atoms. The second-order valence-electron chi connectivity index (χ2n) is 9.06. The number of sulfonamides is 1. The second-order valence-corrected chi connectivity index (χ2v) is 11.4. The number of carbonyl (C=O) groups is 2. The molecule has 0 spiro atoms. The lowest BCUT2D eigenvalue weighted by molar-refractivity contribution is -0.141. The molecule has 0 unspecified atom stereocenters. The molecular weight excluding hydrogens is 526 g/mol. The van der Waals surface area contributed by atoms with Crippen LogP contribution in [0.2, 0.25) is 5.02 Å². The number of amides is 2. The maximum atomic E-state index is 13.5. The molecule has 1 N–H and O–H groups in total. The average molecular weight is 566 g/mol. The monoisotopic (exact) mass is 565 g/mol. The Hall–Kier alpha value is -2.78. The Morgan fingerprint density at radius 1 is 1.03 bits per heavy atom. The van der Waals surface area contributed by atoms with Gasteiger partial charge in [-0.15, -0.1) is 0 Å². The van der Waals surface area contributed by atoms with Crippen molar-refractivity contribution in [2.24, 2.45) is 0 Å². The molecule has 0 aliphatic carbocycles. The van der Waals surface area contributed by atoms with Gasteiger partial charge in [0.1, 0.15) is 11.8 Å². The third-order valence-corrected chi connectivity index (χ3v) is 7.50. The zero-order valence-corrected chi connectivity index (χ0v) is 24.4. The summed E-state index contributed by atoms with van der Waals surface area (Å²) in [4.78, 5) is 28.1. The van der Waals surface area contributed by atoms with Gasteiger partial charge in [-0.05, 0) is 56.0 Å². The van der Waals surface area contributed by atoms with E-state index in [-0.39, 0.29) is 37.7 Å². The van der Waals surface area contributed by atoms with E-state index < -0.39 is 16.1 Å². The van der Waals surface area contributed by atoms with Crippen molar-refractivity contribution in [3.8, 4) is 5.75 Å². The van der Waals surface area contributed by atoms with E-state index in [0.29, 0.717) is 36.0 Å². The van der Waals surface area contributed by atoms with Crippen LogP contribution in [0.15, 0.2) is 48.5 Å². The molecule has 1 atom stereocenters. The summed E-state index contributed by atoms with van der Waals surface area (Å²) in [6.45, 7) is 7.05. The van der Waals surface area contributed by atoms with Crippen molar-refractivity contribution in [1.29, 1.82) is 0 Å². The quantitative estimate of drug-likeness (QED) is 0.289. The Labute approximate surface area is 232 Å². The fraction of sp³-hybridized carbons (Fsp3) is 0.500. The number of para-hydroxylation sites is 2. The lowest BCUT2D eigenvalue weighted by Gasteiger charge is -2.31. The standard InChI is InChI=1S/C28H40ClN3O5S/c1-5-8-19-30-28(34)24(6-2)31(21-22-15-17-23(29)18-16-22)27(33)14-11-20-32(38(4,35)36)25-12-9-10-13-26(25)37-7-3/h9-10,12-13,15-18,24H,5-8,11,14,19-21H2,1-4H3,(H,30,34)/t24-/m1/s1. The van der Waals surface area contributed by atoms with Crippen LogP contribution in [0.1, 0.15) is 58.4 Å². The molecule has 10 heteroatoms. The summed E-state index contributed by atoms with van der Waals surface area (Å²) in [6.07, 6.45) is 3.75. The molecule has 2 rings (SSSR count). The number of nitrogens with one attached hydrogen (secondary N) is 1. The fourth-order valence-electron chi connectivity index (χ4n) is 4.14. The summed E-state index contributed by atoms with van der Waals surface area (Å²) in [6, 6.07) is 13.5. The third kappa shape index (κ3) is 9.51. The van der Waals surface area contributed by atoms with Gasteiger partial charge in [-0.25, -0.2) is 8.42 Å². The smallest absolute Gasteiger partial charge is 0.242 e. The van der Waals surface area contributed by atoms with Crippen molar-refractivity contribution in [2.45, 2.75) is 65.5 Å². The van der Waals surface area contributed by atoms with Gasteiger partial charge >= 0.3 is 0 Å². The van der Waals surface area contributed by atoms with Gasteiger partial charge in [0.05, 0.1) is 18.6 Å². The molecule has 0 saturated carbocycles. The van der Waals surface area contributed by atoms with Crippen molar-refractivity contribution < 1.29 is 22.7 Å². The van der Waals surface area contributed by atoms with Crippen LogP contribution in [0.25, 0.3) is 0 Å². The molecular formula is C28H40ClN3O5S. The molecule has 0 aromatic heterocycles. The van der Waals surface area contributed by atoms with Gasteiger partial charge in [0.2, 0.25) is 21.8 Å². The van der Waals surface area contributed by atoms with Crippen LogP contribution >= 0.6 is 11.6 Å². The minimum Gasteiger partial charge on any atom is -0.492 e. The zero-order chi connectivity index (χ0) is 28.1. The molecule has 0 aliphatic rings. The van der Waals surface area contributed by atoms with Crippen LogP contribution in [0.3, 0.4) is 0 Å². The third-order valence-electron chi connectivity index (χ3n) is 6.07. The first-order valence-electron chi connectivity index (χ1n) is 13.1. The van der Waals surface area contributed by atoms with Gasteiger partial charge in [0.15, 0.2) is 0 Å². The van der Waals surface area contributed by atoms with Gasteiger partial charge in [-0.3, -0.25) is 13.9 Å². The lowest BCUT2D eigenvalue weighted by Crippen LogP contribution is -2.49. The maximum Gasteiger partial charge on any atom is 0.242 e. The summed E-state index contributed by atoms with van der Waals surface area (Å²) < 4.78 is 32.2. The molecule has 0 radical (unpaired) electrons. The highest BCUT2D eigenvalue weighted by Crippen LogP contribution is 2.30. The summed E-state index contributed by atoms with van der Waals surface area (Å²) >= 11 is 6.03. The summed E-state index contributed by atoms with van der Waals surface area (Å²) in [7, 11) is -3.63. The normalized spacial score (nSPS) is 12.0. The first-order chi connectivity index (χ1) is 18.1. The van der Waals surface area contributed by atoms with Gasteiger partial charge in [-0.2, -0.15) is 0 Å². The first kappa shape index (κ1) is 31.4. The topological polar surface area (TPSA) is 96.0 Å². The number of hydrogen-bond donors (Lipinski definition) is 1. The molecule has 2 amide bonds. The number of ether oxygens (including phenoxy) is 1. The van der Waals surface area contributed by atoms with Crippen LogP contribution in [-0.2, 0) is 26.2 Å². The van der Waals surface area contributed by atoms with Crippen molar-refractivity contribution in [3.63, 3.8) is 0 Å². The van der Waals surface area contributed by atoms with Crippen LogP contribution in [-0.4, -0.2) is 57.1 Å². The van der Waals surface area contributed by atoms with E-state index in [1.54, 1.807) is 41.3 Å². The summed E-state index contributed by atoms with van der Waals surface area (Å²) in [5.74, 6) is 0.0570. The van der Waals surface area contributed by atoms with Crippen LogP contribution in [0, 0.1) is 0 Å². The van der Waals surface area contributed by atoms with E-state index in [2.05, 4.69) is 5.32 Å². The highest BCUT2D eigenvalue weighted by molar-refractivity contribution is 7.92. The zero-order valence-electron chi connectivity index (χ0n) is 22.8. The maximum absolute atomic E-state index is 13.5. The number of rotatable bonds is 16. The Morgan fingerprint density at radius 3 is 2.32 bits per heavy atom. The Kier molecular flexibility index (Phi) is 12.9. The Morgan fingerprint density at radius 2 is 1.71 bits per heavy atom. The average Bonchev–Trinajstić information content (AvgIpc) is 2.88. The van der Waals surface area contributed by atoms with E-state index in [1.807, 2.05) is 32.9 Å². The number of anilines is 1. The van der Waals surface area contributed by atoms with Gasteiger partial charge in [0.25, 0.3) is 0 Å². The minimum atomic E-state index is -3.63. The van der Waals surface area contributed by atoms with Crippen LogP contribution < -0.4 is 14.4 Å². The van der Waals surface area contributed by atoms with Crippen molar-refractivity contribution in [1.82, 2.24) is 10.2 Å². The number of benzene rings is 2. The van der Waals surface area contributed by atoms with Gasteiger partial charge in [-0.1, -0.05) is 56.1 Å². The highest BCUT2D eigenvalue weighted by Gasteiger charge is 2.29. The Bertz CT molecular complexity index is 1140. The summed E-state index contributed by atoms with van der Waals surface area (Å²) in [5.41, 5.74) is 1.29. The Balaban J connectivity index is 2.22. The lowest BCUT2D eigenvalue weighted by atomic mass is 10.1. The van der Waals surface area contributed by atoms with E-state index in [1.165, 1.54) is 4.31 Å². The van der Waals surface area contributed by atoms with E-state index in [9.17, 15) is 18.0 Å². The fourth-order valence-corrected chi connectivity index (χ4v) is 5.23. The largest absolute Gasteiger partial charge is 0.492 e. The first-order valence-corrected chi connectivity index (χ1v) is 15.4. The van der Waals surface area contributed by atoms with E-state index >= 15 is 0 Å². The van der Waals surface area contributed by atoms with Gasteiger partial charge < -0.3 is 15.0 Å². The molecule has 0 saturated heterocycles. The van der Waals surface area contributed by atoms with E-state index in [4.69, 9.17) is 16.3 Å². The van der Waals surface area contributed by atoms with Gasteiger partial charge in [0, 0.05) is 31.1 Å². The van der Waals surface area contributed by atoms with Crippen molar-refractivity contribution >= 4 is 39.1 Å². The number of unbranched alkanes of at least 4 members (excludes halogenated alkanes) is 1. The molecule has 2 aromatic carbocycles. The summed E-state index contributed by atoms with van der Waals surface area (Å²) in [5, 5.41) is 3.53. The molecule has 8 nitrogen and oxygen atoms in total. The molecule has 210 valence electrons. The van der Waals surface area contributed by atoms with Crippen molar-refractivity contribution in [2.75, 3.05) is 30.3 Å². The second kappa shape index (κ2) is 15.6.